The first-order valence-electron chi connectivity index (χ1n) is 7.47. The summed E-state index contributed by atoms with van der Waals surface area (Å²) < 4.78 is 6.43. The van der Waals surface area contributed by atoms with E-state index in [1.54, 1.807) is 25.3 Å². The third-order valence-electron chi connectivity index (χ3n) is 3.79. The van der Waals surface area contributed by atoms with E-state index in [9.17, 15) is 14.7 Å². The van der Waals surface area contributed by atoms with Crippen molar-refractivity contribution in [3.05, 3.63) is 80.6 Å². The SMILES string of the molecule is C=c1[nH]n(-c2ccc(C(=O)[O-])cc2)c(=O)/c1=C/c1ccc(OC)cc1. The number of benzene rings is 2. The summed E-state index contributed by atoms with van der Waals surface area (Å²) in [6.45, 7) is 3.87. The molecular weight excluding hydrogens is 320 g/mol. The lowest BCUT2D eigenvalue weighted by molar-refractivity contribution is -0.255. The topological polar surface area (TPSA) is 87.1 Å². The van der Waals surface area contributed by atoms with Gasteiger partial charge in [-0.1, -0.05) is 30.8 Å². The molecule has 0 saturated carbocycles. The fourth-order valence-corrected chi connectivity index (χ4v) is 2.44. The molecule has 25 heavy (non-hydrogen) atoms. The second-order valence-electron chi connectivity index (χ2n) is 5.40. The zero-order chi connectivity index (χ0) is 18.0. The Kier molecular flexibility index (Phi) is 4.26. The molecule has 6 nitrogen and oxygen atoms in total. The van der Waals surface area contributed by atoms with E-state index < -0.39 is 5.97 Å². The molecule has 1 aromatic heterocycles. The highest BCUT2D eigenvalue weighted by atomic mass is 16.5. The Morgan fingerprint density at radius 3 is 2.36 bits per heavy atom. The molecule has 1 N–H and O–H groups in total. The highest BCUT2D eigenvalue weighted by Crippen LogP contribution is 2.11. The number of carboxylic acids is 1. The van der Waals surface area contributed by atoms with Crippen LogP contribution < -0.4 is 26.0 Å². The number of aromatic nitrogens is 2. The van der Waals surface area contributed by atoms with E-state index in [0.717, 1.165) is 11.3 Å². The first-order valence-corrected chi connectivity index (χ1v) is 7.47. The molecule has 3 rings (SSSR count). The van der Waals surface area contributed by atoms with Crippen LogP contribution in [0.4, 0.5) is 0 Å². The van der Waals surface area contributed by atoms with Gasteiger partial charge in [-0.25, -0.2) is 4.68 Å². The van der Waals surface area contributed by atoms with Gasteiger partial charge in [0.25, 0.3) is 5.56 Å². The van der Waals surface area contributed by atoms with Crippen molar-refractivity contribution in [2.24, 2.45) is 0 Å². The molecule has 126 valence electrons. The fourth-order valence-electron chi connectivity index (χ4n) is 2.44. The summed E-state index contributed by atoms with van der Waals surface area (Å²) >= 11 is 0. The molecule has 0 aliphatic heterocycles. The van der Waals surface area contributed by atoms with Crippen molar-refractivity contribution in [3.63, 3.8) is 0 Å². The van der Waals surface area contributed by atoms with Gasteiger partial charge in [0.05, 0.1) is 29.3 Å². The number of methoxy groups -OCH3 is 1. The molecule has 1 heterocycles. The Morgan fingerprint density at radius 2 is 1.80 bits per heavy atom. The van der Waals surface area contributed by atoms with Crippen LogP contribution >= 0.6 is 0 Å². The van der Waals surface area contributed by atoms with E-state index in [1.807, 2.05) is 12.1 Å². The largest absolute Gasteiger partial charge is 0.545 e. The maximum atomic E-state index is 12.6. The smallest absolute Gasteiger partial charge is 0.279 e. The minimum Gasteiger partial charge on any atom is -0.545 e. The van der Waals surface area contributed by atoms with Gasteiger partial charge >= 0.3 is 0 Å². The normalized spacial score (nSPS) is 11.5. The number of rotatable bonds is 4. The van der Waals surface area contributed by atoms with Crippen LogP contribution in [0.3, 0.4) is 0 Å². The van der Waals surface area contributed by atoms with Crippen molar-refractivity contribution < 1.29 is 14.6 Å². The van der Waals surface area contributed by atoms with Crippen LogP contribution in [0.15, 0.2) is 53.3 Å². The van der Waals surface area contributed by atoms with Crippen LogP contribution in [0, 0.1) is 0 Å². The first kappa shape index (κ1) is 16.3. The molecule has 0 aliphatic rings. The average molecular weight is 335 g/mol. The number of hydrogen-bond acceptors (Lipinski definition) is 4. The lowest BCUT2D eigenvalue weighted by Gasteiger charge is -2.04. The van der Waals surface area contributed by atoms with Gasteiger partial charge in [-0.3, -0.25) is 9.89 Å². The molecule has 0 unspecified atom stereocenters. The summed E-state index contributed by atoms with van der Waals surface area (Å²) in [5, 5.41) is 14.6. The van der Waals surface area contributed by atoms with Crippen LogP contribution in [-0.2, 0) is 0 Å². The summed E-state index contributed by atoms with van der Waals surface area (Å²) in [4.78, 5) is 23.5. The number of ether oxygens (including phenoxy) is 1. The molecule has 0 aliphatic carbocycles. The second-order valence-corrected chi connectivity index (χ2v) is 5.40. The van der Waals surface area contributed by atoms with Crippen LogP contribution in [0.5, 0.6) is 5.75 Å². The van der Waals surface area contributed by atoms with Gasteiger partial charge in [0.1, 0.15) is 5.75 Å². The number of hydrogen-bond donors (Lipinski definition) is 1. The zero-order valence-electron chi connectivity index (χ0n) is 13.5. The Bertz CT molecular complexity index is 1070. The van der Waals surface area contributed by atoms with Crippen LogP contribution in [0.25, 0.3) is 18.3 Å². The minimum absolute atomic E-state index is 0.0446. The van der Waals surface area contributed by atoms with E-state index in [0.29, 0.717) is 16.3 Å². The van der Waals surface area contributed by atoms with Crippen LogP contribution in [-0.4, -0.2) is 22.9 Å². The molecule has 0 spiro atoms. The van der Waals surface area contributed by atoms with E-state index >= 15 is 0 Å². The molecule has 0 saturated heterocycles. The lowest BCUT2D eigenvalue weighted by atomic mass is 10.2. The van der Waals surface area contributed by atoms with E-state index in [-0.39, 0.29) is 11.1 Å². The van der Waals surface area contributed by atoms with Crippen molar-refractivity contribution in [3.8, 4) is 11.4 Å². The van der Waals surface area contributed by atoms with Gasteiger partial charge in [-0.2, -0.15) is 0 Å². The van der Waals surface area contributed by atoms with Gasteiger partial charge in [0.15, 0.2) is 0 Å². The predicted molar refractivity (Wildman–Crippen MR) is 92.1 cm³/mol. The second kappa shape index (κ2) is 6.52. The molecule has 3 aromatic rings. The maximum absolute atomic E-state index is 12.6. The van der Waals surface area contributed by atoms with Crippen molar-refractivity contribution in [2.45, 2.75) is 0 Å². The predicted octanol–water partition coefficient (Wildman–Crippen LogP) is -0.223. The standard InChI is InChI=1S/C19H16N2O4/c1-12-17(11-13-3-9-16(25-2)10-4-13)18(22)21(20-12)15-7-5-14(6-8-15)19(23)24/h3-11,20H,1H2,2H3,(H,23,24)/p-1/b17-11+. The van der Waals surface area contributed by atoms with Gasteiger partial charge in [-0.15, -0.1) is 0 Å². The third-order valence-corrected chi connectivity index (χ3v) is 3.79. The van der Waals surface area contributed by atoms with Gasteiger partial charge < -0.3 is 14.6 Å². The summed E-state index contributed by atoms with van der Waals surface area (Å²) in [5.74, 6) is -0.539. The maximum Gasteiger partial charge on any atom is 0.279 e. The summed E-state index contributed by atoms with van der Waals surface area (Å²) in [6, 6.07) is 13.1. The number of aromatic amines is 1. The molecule has 0 bridgehead atoms. The number of carboxylic acid groups (broad SMARTS) is 1. The number of H-pyrrole nitrogens is 1. The third kappa shape index (κ3) is 3.23. The van der Waals surface area contributed by atoms with Crippen molar-refractivity contribution >= 4 is 18.6 Å². The van der Waals surface area contributed by atoms with Gasteiger partial charge in [0.2, 0.25) is 0 Å². The Hall–Kier alpha value is -3.54. The highest BCUT2D eigenvalue weighted by molar-refractivity contribution is 5.85. The van der Waals surface area contributed by atoms with E-state index in [2.05, 4.69) is 11.7 Å². The first-order chi connectivity index (χ1) is 12.0. The van der Waals surface area contributed by atoms with Crippen molar-refractivity contribution in [1.82, 2.24) is 9.78 Å². The Labute approximate surface area is 142 Å². The summed E-state index contributed by atoms with van der Waals surface area (Å²) in [6.07, 6.45) is 1.73. The summed E-state index contributed by atoms with van der Waals surface area (Å²) in [7, 11) is 1.59. The monoisotopic (exact) mass is 335 g/mol. The number of nitrogens with one attached hydrogen (secondary N) is 1. The van der Waals surface area contributed by atoms with Crippen molar-refractivity contribution in [1.29, 1.82) is 0 Å². The molecule has 0 fully saturated rings. The van der Waals surface area contributed by atoms with Crippen LogP contribution in [0.2, 0.25) is 0 Å². The number of aromatic carboxylic acids is 1. The zero-order valence-corrected chi connectivity index (χ0v) is 13.5. The quantitative estimate of drug-likeness (QED) is 0.714. The number of carbonyl (C=O) groups is 1. The van der Waals surface area contributed by atoms with Crippen molar-refractivity contribution in [2.75, 3.05) is 7.11 Å². The average Bonchev–Trinajstić information content (AvgIpc) is 2.90. The number of carbonyl (C=O) groups excluding carboxylic acids is 1. The summed E-state index contributed by atoms with van der Waals surface area (Å²) in [5.41, 5.74) is 1.11. The molecule has 2 aromatic carbocycles. The molecule has 6 heteroatoms. The molecule has 0 atom stereocenters. The fraction of sp³-hybridized carbons (Fsp3) is 0.0526. The Balaban J connectivity index is 2.06. The number of nitrogens with zero attached hydrogens (tertiary/aromatic N) is 1. The van der Waals surface area contributed by atoms with Gasteiger partial charge in [-0.05, 0) is 41.5 Å². The molecule has 0 amide bonds. The van der Waals surface area contributed by atoms with E-state index in [4.69, 9.17) is 4.74 Å². The minimum atomic E-state index is -1.27. The highest BCUT2D eigenvalue weighted by Gasteiger charge is 2.05. The lowest BCUT2D eigenvalue weighted by Crippen LogP contribution is -2.34. The van der Waals surface area contributed by atoms with E-state index in [1.165, 1.54) is 28.9 Å². The molecule has 0 radical (unpaired) electrons. The van der Waals surface area contributed by atoms with Gasteiger partial charge in [0, 0.05) is 0 Å². The van der Waals surface area contributed by atoms with Crippen LogP contribution in [0.1, 0.15) is 15.9 Å². The Morgan fingerprint density at radius 1 is 1.16 bits per heavy atom. The molecular formula is C19H15N2O4-.